The van der Waals surface area contributed by atoms with Gasteiger partial charge in [0.2, 0.25) is 0 Å². The fourth-order valence-corrected chi connectivity index (χ4v) is 1.62. The summed E-state index contributed by atoms with van der Waals surface area (Å²) in [6, 6.07) is 2.66. The maximum Gasteiger partial charge on any atom is 0.170 e. The second kappa shape index (κ2) is 3.75. The minimum atomic E-state index is 0.693. The Bertz CT molecular complexity index is 484. The first kappa shape index (κ1) is 9.59. The van der Waals surface area contributed by atoms with E-state index in [-0.39, 0.29) is 0 Å². The smallest absolute Gasteiger partial charge is 0.170 e. The van der Waals surface area contributed by atoms with E-state index in [0.717, 1.165) is 23.6 Å². The molecule has 1 fully saturated rings. The number of hydrogen-bond acceptors (Lipinski definition) is 4. The van der Waals surface area contributed by atoms with Gasteiger partial charge < -0.3 is 9.84 Å². The summed E-state index contributed by atoms with van der Waals surface area (Å²) in [6.45, 7) is 0.786. The van der Waals surface area contributed by atoms with Gasteiger partial charge in [-0.25, -0.2) is 0 Å². The number of rotatable bonds is 4. The molecule has 0 radical (unpaired) electrons. The molecule has 1 N–H and O–H groups in total. The zero-order valence-electron chi connectivity index (χ0n) is 9.18. The van der Waals surface area contributed by atoms with Crippen molar-refractivity contribution >= 4 is 0 Å². The lowest BCUT2D eigenvalue weighted by Crippen LogP contribution is -2.15. The van der Waals surface area contributed by atoms with E-state index in [2.05, 4.69) is 15.6 Å². The normalized spacial score (nSPS) is 15.6. The number of aromatic nitrogens is 3. The minimum Gasteiger partial charge on any atom is -0.356 e. The van der Waals surface area contributed by atoms with Gasteiger partial charge in [-0.05, 0) is 12.8 Å². The van der Waals surface area contributed by atoms with E-state index < -0.39 is 0 Å². The van der Waals surface area contributed by atoms with Gasteiger partial charge in [-0.2, -0.15) is 5.10 Å². The monoisotopic (exact) mass is 218 g/mol. The number of aryl methyl sites for hydroxylation is 1. The molecule has 1 aliphatic carbocycles. The average Bonchev–Trinajstić information content (AvgIpc) is 2.81. The molecule has 0 unspecified atom stereocenters. The zero-order valence-corrected chi connectivity index (χ0v) is 9.18. The van der Waals surface area contributed by atoms with Crippen molar-refractivity contribution in [3.05, 3.63) is 24.2 Å². The van der Waals surface area contributed by atoms with Crippen LogP contribution >= 0.6 is 0 Å². The van der Waals surface area contributed by atoms with Crippen LogP contribution in [0.1, 0.15) is 18.5 Å². The van der Waals surface area contributed by atoms with Crippen LogP contribution < -0.4 is 5.32 Å². The molecular weight excluding hydrogens is 204 g/mol. The molecule has 0 atom stereocenters. The first-order chi connectivity index (χ1) is 7.81. The van der Waals surface area contributed by atoms with E-state index in [1.807, 2.05) is 19.3 Å². The Kier molecular flexibility index (Phi) is 2.25. The summed E-state index contributed by atoms with van der Waals surface area (Å²) >= 11 is 0. The predicted octanol–water partition coefficient (Wildman–Crippen LogP) is 1.33. The Balaban J connectivity index is 1.71. The summed E-state index contributed by atoms with van der Waals surface area (Å²) < 4.78 is 7.02. The van der Waals surface area contributed by atoms with Crippen LogP contribution in [0.25, 0.3) is 11.3 Å². The Hall–Kier alpha value is -1.62. The van der Waals surface area contributed by atoms with Crippen molar-refractivity contribution in [1.82, 2.24) is 20.3 Å². The summed E-state index contributed by atoms with van der Waals surface area (Å²) in [5.74, 6) is 0.778. The Labute approximate surface area is 93.4 Å². The molecule has 0 bridgehead atoms. The molecule has 2 aromatic heterocycles. The van der Waals surface area contributed by atoms with Gasteiger partial charge in [-0.15, -0.1) is 0 Å². The van der Waals surface area contributed by atoms with Crippen LogP contribution in [0.4, 0.5) is 0 Å². The van der Waals surface area contributed by atoms with Crippen molar-refractivity contribution in [2.45, 2.75) is 25.4 Å². The van der Waals surface area contributed by atoms with Crippen molar-refractivity contribution in [3.63, 3.8) is 0 Å². The largest absolute Gasteiger partial charge is 0.356 e. The van der Waals surface area contributed by atoms with Gasteiger partial charge in [-0.3, -0.25) is 4.68 Å². The third kappa shape index (κ3) is 1.99. The summed E-state index contributed by atoms with van der Waals surface area (Å²) in [5.41, 5.74) is 1.92. The molecule has 2 heterocycles. The molecule has 5 heteroatoms. The van der Waals surface area contributed by atoms with Crippen molar-refractivity contribution in [3.8, 4) is 11.3 Å². The quantitative estimate of drug-likeness (QED) is 0.841. The van der Waals surface area contributed by atoms with Crippen molar-refractivity contribution < 1.29 is 4.52 Å². The van der Waals surface area contributed by atoms with Gasteiger partial charge in [0.1, 0.15) is 0 Å². The molecule has 0 aliphatic heterocycles. The van der Waals surface area contributed by atoms with Crippen LogP contribution in [0.5, 0.6) is 0 Å². The highest BCUT2D eigenvalue weighted by Gasteiger charge is 2.20. The van der Waals surface area contributed by atoms with Gasteiger partial charge in [0, 0.05) is 31.9 Å². The number of nitrogens with zero attached hydrogens (tertiary/aromatic N) is 3. The van der Waals surface area contributed by atoms with Crippen LogP contribution in [0.2, 0.25) is 0 Å². The molecule has 1 aliphatic rings. The standard InChI is InChI=1S/C11H14N4O/c1-15-7-8(5-13-15)11-4-10(14-16-11)6-12-9-2-3-9/h4-5,7,9,12H,2-3,6H2,1H3. The third-order valence-corrected chi connectivity index (χ3v) is 2.70. The third-order valence-electron chi connectivity index (χ3n) is 2.70. The molecule has 0 aromatic carbocycles. The van der Waals surface area contributed by atoms with Crippen LogP contribution in [-0.2, 0) is 13.6 Å². The molecule has 0 saturated heterocycles. The van der Waals surface area contributed by atoms with Crippen molar-refractivity contribution in [2.24, 2.45) is 7.05 Å². The summed E-state index contributed by atoms with van der Waals surface area (Å²) in [4.78, 5) is 0. The SMILES string of the molecule is Cn1cc(-c2cc(CNC3CC3)no2)cn1. The summed E-state index contributed by atoms with van der Waals surface area (Å²) in [6.07, 6.45) is 6.26. The second-order valence-electron chi connectivity index (χ2n) is 4.24. The average molecular weight is 218 g/mol. The molecule has 16 heavy (non-hydrogen) atoms. The van der Waals surface area contributed by atoms with Gasteiger partial charge in [0.05, 0.1) is 17.5 Å². The van der Waals surface area contributed by atoms with E-state index in [1.165, 1.54) is 12.8 Å². The lowest BCUT2D eigenvalue weighted by Gasteiger charge is -1.95. The summed E-state index contributed by atoms with van der Waals surface area (Å²) in [5, 5.41) is 11.5. The van der Waals surface area contributed by atoms with Crippen molar-refractivity contribution in [1.29, 1.82) is 0 Å². The molecule has 3 rings (SSSR count). The fourth-order valence-electron chi connectivity index (χ4n) is 1.62. The number of nitrogens with one attached hydrogen (secondary N) is 1. The Morgan fingerprint density at radius 2 is 2.44 bits per heavy atom. The first-order valence-corrected chi connectivity index (χ1v) is 5.49. The lowest BCUT2D eigenvalue weighted by atomic mass is 10.2. The van der Waals surface area contributed by atoms with Crippen LogP contribution in [0, 0.1) is 0 Å². The van der Waals surface area contributed by atoms with E-state index in [9.17, 15) is 0 Å². The first-order valence-electron chi connectivity index (χ1n) is 5.49. The Morgan fingerprint density at radius 1 is 1.56 bits per heavy atom. The molecule has 0 amide bonds. The molecule has 2 aromatic rings. The Morgan fingerprint density at radius 3 is 3.12 bits per heavy atom. The molecule has 1 saturated carbocycles. The fraction of sp³-hybridized carbons (Fsp3) is 0.455. The van der Waals surface area contributed by atoms with E-state index in [1.54, 1.807) is 10.9 Å². The van der Waals surface area contributed by atoms with Gasteiger partial charge >= 0.3 is 0 Å². The molecule has 84 valence electrons. The molecular formula is C11H14N4O. The van der Waals surface area contributed by atoms with Gasteiger partial charge in [0.25, 0.3) is 0 Å². The van der Waals surface area contributed by atoms with E-state index >= 15 is 0 Å². The highest BCUT2D eigenvalue weighted by molar-refractivity contribution is 5.54. The topological polar surface area (TPSA) is 55.9 Å². The van der Waals surface area contributed by atoms with E-state index in [0.29, 0.717) is 6.04 Å². The predicted molar refractivity (Wildman–Crippen MR) is 58.6 cm³/mol. The van der Waals surface area contributed by atoms with Crippen molar-refractivity contribution in [2.75, 3.05) is 0 Å². The summed E-state index contributed by atoms with van der Waals surface area (Å²) in [7, 11) is 1.88. The number of hydrogen-bond donors (Lipinski definition) is 1. The maximum absolute atomic E-state index is 5.27. The zero-order chi connectivity index (χ0) is 11.0. The van der Waals surface area contributed by atoms with Crippen LogP contribution in [0.15, 0.2) is 23.0 Å². The van der Waals surface area contributed by atoms with Crippen LogP contribution in [-0.4, -0.2) is 21.0 Å². The molecule has 0 spiro atoms. The molecule has 5 nitrogen and oxygen atoms in total. The highest BCUT2D eigenvalue weighted by Crippen LogP contribution is 2.21. The maximum atomic E-state index is 5.27. The minimum absolute atomic E-state index is 0.693. The van der Waals surface area contributed by atoms with Crippen LogP contribution in [0.3, 0.4) is 0 Å². The highest BCUT2D eigenvalue weighted by atomic mass is 16.5. The van der Waals surface area contributed by atoms with Gasteiger partial charge in [-0.1, -0.05) is 5.16 Å². The lowest BCUT2D eigenvalue weighted by molar-refractivity contribution is 0.420. The second-order valence-corrected chi connectivity index (χ2v) is 4.24. The van der Waals surface area contributed by atoms with Gasteiger partial charge in [0.15, 0.2) is 5.76 Å². The van der Waals surface area contributed by atoms with E-state index in [4.69, 9.17) is 4.52 Å².